The van der Waals surface area contributed by atoms with Gasteiger partial charge >= 0.3 is 11.9 Å². The average molecular weight is 296 g/mol. The average Bonchev–Trinajstić information content (AvgIpc) is 2.67. The summed E-state index contributed by atoms with van der Waals surface area (Å²) in [4.78, 5) is 20.9. The highest BCUT2D eigenvalue weighted by atomic mass is 16.4. The third-order valence-corrected chi connectivity index (χ3v) is 3.73. The maximum absolute atomic E-state index is 10.5. The first-order valence-electron chi connectivity index (χ1n) is 7.43. The second-order valence-corrected chi connectivity index (χ2v) is 5.40. The van der Waals surface area contributed by atoms with Crippen molar-refractivity contribution in [2.45, 2.75) is 65.2 Å². The van der Waals surface area contributed by atoms with E-state index < -0.39 is 11.9 Å². The Hall–Kier alpha value is -1.78. The van der Waals surface area contributed by atoms with Gasteiger partial charge in [-0.1, -0.05) is 0 Å². The first-order chi connectivity index (χ1) is 9.91. The highest BCUT2D eigenvalue weighted by Gasteiger charge is 2.13. The number of carboxylic acid groups (broad SMARTS) is 2. The highest BCUT2D eigenvalue weighted by Crippen LogP contribution is 2.24. The van der Waals surface area contributed by atoms with Gasteiger partial charge < -0.3 is 14.6 Å². The van der Waals surface area contributed by atoms with Crippen LogP contribution in [-0.2, 0) is 22.4 Å². The molecule has 0 aliphatic carbocycles. The summed E-state index contributed by atoms with van der Waals surface area (Å²) < 4.78 is 5.86. The lowest BCUT2D eigenvalue weighted by Gasteiger charge is -1.99. The summed E-state index contributed by atoms with van der Waals surface area (Å²) in [6.07, 6.45) is 4.83. The van der Waals surface area contributed by atoms with Crippen LogP contribution in [0.15, 0.2) is 4.42 Å². The number of hydrogen-bond acceptors (Lipinski definition) is 3. The van der Waals surface area contributed by atoms with Crippen LogP contribution in [0.25, 0.3) is 0 Å². The molecule has 5 nitrogen and oxygen atoms in total. The molecule has 0 aliphatic heterocycles. The smallest absolute Gasteiger partial charge is 0.303 e. The summed E-state index contributed by atoms with van der Waals surface area (Å²) in [6, 6.07) is 0. The summed E-state index contributed by atoms with van der Waals surface area (Å²) in [5.41, 5.74) is 2.28. The van der Waals surface area contributed by atoms with Crippen LogP contribution in [0.2, 0.25) is 0 Å². The molecule has 1 aromatic rings. The third-order valence-electron chi connectivity index (χ3n) is 3.73. The van der Waals surface area contributed by atoms with Gasteiger partial charge in [0.25, 0.3) is 0 Å². The van der Waals surface area contributed by atoms with Gasteiger partial charge in [0.2, 0.25) is 0 Å². The van der Waals surface area contributed by atoms with Crippen LogP contribution in [0, 0.1) is 13.8 Å². The first kappa shape index (κ1) is 17.3. The second-order valence-electron chi connectivity index (χ2n) is 5.40. The van der Waals surface area contributed by atoms with E-state index in [0.29, 0.717) is 12.8 Å². The van der Waals surface area contributed by atoms with Gasteiger partial charge in [-0.05, 0) is 50.7 Å². The molecule has 0 atom stereocenters. The van der Waals surface area contributed by atoms with Crippen molar-refractivity contribution in [3.05, 3.63) is 22.6 Å². The molecule has 0 unspecified atom stereocenters. The summed E-state index contributed by atoms with van der Waals surface area (Å²) >= 11 is 0. The molecule has 1 heterocycles. The van der Waals surface area contributed by atoms with Crippen molar-refractivity contribution in [1.29, 1.82) is 0 Å². The van der Waals surface area contributed by atoms with E-state index in [2.05, 4.69) is 0 Å². The van der Waals surface area contributed by atoms with E-state index >= 15 is 0 Å². The minimum Gasteiger partial charge on any atom is -0.481 e. The lowest BCUT2D eigenvalue weighted by molar-refractivity contribution is -0.138. The Balaban J connectivity index is 2.46. The molecule has 118 valence electrons. The van der Waals surface area contributed by atoms with E-state index in [1.165, 1.54) is 0 Å². The topological polar surface area (TPSA) is 87.7 Å². The molecule has 0 amide bonds. The van der Waals surface area contributed by atoms with Crippen molar-refractivity contribution < 1.29 is 24.2 Å². The monoisotopic (exact) mass is 296 g/mol. The van der Waals surface area contributed by atoms with Crippen molar-refractivity contribution in [2.24, 2.45) is 0 Å². The molecule has 0 fully saturated rings. The Labute approximate surface area is 125 Å². The normalized spacial score (nSPS) is 10.8. The SMILES string of the molecule is Cc1c(CCCCC(=O)O)oc(CCCCC(=O)O)c1C. The highest BCUT2D eigenvalue weighted by molar-refractivity contribution is 5.66. The molecule has 0 aliphatic rings. The predicted molar refractivity (Wildman–Crippen MR) is 78.6 cm³/mol. The Bertz CT molecular complexity index is 445. The van der Waals surface area contributed by atoms with Crippen molar-refractivity contribution in [3.63, 3.8) is 0 Å². The van der Waals surface area contributed by atoms with E-state index in [-0.39, 0.29) is 12.8 Å². The lowest BCUT2D eigenvalue weighted by Crippen LogP contribution is -1.95. The van der Waals surface area contributed by atoms with Crippen molar-refractivity contribution >= 4 is 11.9 Å². The molecule has 21 heavy (non-hydrogen) atoms. The third kappa shape index (κ3) is 6.02. The van der Waals surface area contributed by atoms with Crippen LogP contribution in [0.4, 0.5) is 0 Å². The fourth-order valence-electron chi connectivity index (χ4n) is 2.32. The summed E-state index contributed by atoms with van der Waals surface area (Å²) in [6.45, 7) is 4.04. The molecule has 1 rings (SSSR count). The number of furan rings is 1. The van der Waals surface area contributed by atoms with E-state index in [9.17, 15) is 9.59 Å². The van der Waals surface area contributed by atoms with Gasteiger partial charge in [-0.15, -0.1) is 0 Å². The van der Waals surface area contributed by atoms with Crippen molar-refractivity contribution in [1.82, 2.24) is 0 Å². The van der Waals surface area contributed by atoms with E-state index in [0.717, 1.165) is 48.3 Å². The number of carbonyl (C=O) groups is 2. The zero-order chi connectivity index (χ0) is 15.8. The predicted octanol–water partition coefficient (Wildman–Crippen LogP) is 3.49. The van der Waals surface area contributed by atoms with E-state index in [1.54, 1.807) is 0 Å². The number of aryl methyl sites for hydroxylation is 2. The summed E-state index contributed by atoms with van der Waals surface area (Å²) in [5, 5.41) is 17.2. The van der Waals surface area contributed by atoms with E-state index in [1.807, 2.05) is 13.8 Å². The summed E-state index contributed by atoms with van der Waals surface area (Å²) in [5.74, 6) is 0.347. The maximum Gasteiger partial charge on any atom is 0.303 e. The summed E-state index contributed by atoms with van der Waals surface area (Å²) in [7, 11) is 0. The Morgan fingerprint density at radius 2 is 1.19 bits per heavy atom. The van der Waals surface area contributed by atoms with Gasteiger partial charge in [0.05, 0.1) is 0 Å². The van der Waals surface area contributed by atoms with Crippen LogP contribution in [0.3, 0.4) is 0 Å². The molecule has 0 radical (unpaired) electrons. The molecule has 0 bridgehead atoms. The van der Waals surface area contributed by atoms with Crippen LogP contribution in [0.5, 0.6) is 0 Å². The Morgan fingerprint density at radius 3 is 1.52 bits per heavy atom. The molecule has 1 aromatic heterocycles. The van der Waals surface area contributed by atoms with Gasteiger partial charge in [-0.2, -0.15) is 0 Å². The van der Waals surface area contributed by atoms with Gasteiger partial charge in [0, 0.05) is 25.7 Å². The fourth-order valence-corrected chi connectivity index (χ4v) is 2.32. The number of hydrogen-bond donors (Lipinski definition) is 2. The minimum absolute atomic E-state index is 0.195. The Morgan fingerprint density at radius 1 is 0.810 bits per heavy atom. The van der Waals surface area contributed by atoms with Gasteiger partial charge in [-0.25, -0.2) is 0 Å². The largest absolute Gasteiger partial charge is 0.481 e. The second kappa shape index (κ2) is 8.49. The molecular formula is C16H24O5. The van der Waals surface area contributed by atoms with Crippen LogP contribution >= 0.6 is 0 Å². The number of aliphatic carboxylic acids is 2. The maximum atomic E-state index is 10.5. The van der Waals surface area contributed by atoms with Gasteiger partial charge in [0.1, 0.15) is 11.5 Å². The molecule has 2 N–H and O–H groups in total. The molecule has 5 heteroatoms. The zero-order valence-electron chi connectivity index (χ0n) is 12.8. The number of unbranched alkanes of at least 4 members (excludes halogenated alkanes) is 2. The van der Waals surface area contributed by atoms with Crippen LogP contribution in [0.1, 0.15) is 61.2 Å². The quantitative estimate of drug-likeness (QED) is 0.645. The molecule has 0 aromatic carbocycles. The zero-order valence-corrected chi connectivity index (χ0v) is 12.8. The number of carboxylic acids is 2. The molecule has 0 saturated carbocycles. The van der Waals surface area contributed by atoms with E-state index in [4.69, 9.17) is 14.6 Å². The number of rotatable bonds is 10. The minimum atomic E-state index is -0.763. The standard InChI is InChI=1S/C16H24O5/c1-11-12(2)14(8-4-6-10-16(19)20)21-13(11)7-3-5-9-15(17)18/h3-10H2,1-2H3,(H,17,18)(H,19,20). The van der Waals surface area contributed by atoms with Gasteiger partial charge in [-0.3, -0.25) is 9.59 Å². The molecular weight excluding hydrogens is 272 g/mol. The first-order valence-corrected chi connectivity index (χ1v) is 7.43. The van der Waals surface area contributed by atoms with Gasteiger partial charge in [0.15, 0.2) is 0 Å². The lowest BCUT2D eigenvalue weighted by atomic mass is 10.1. The molecule has 0 saturated heterocycles. The fraction of sp³-hybridized carbons (Fsp3) is 0.625. The van der Waals surface area contributed by atoms with Crippen LogP contribution < -0.4 is 0 Å². The van der Waals surface area contributed by atoms with Crippen molar-refractivity contribution in [2.75, 3.05) is 0 Å². The van der Waals surface area contributed by atoms with Crippen LogP contribution in [-0.4, -0.2) is 22.2 Å². The Kier molecular flexibility index (Phi) is 6.99. The molecule has 0 spiro atoms. The van der Waals surface area contributed by atoms with Crippen molar-refractivity contribution in [3.8, 4) is 0 Å².